The standard InChI is InChI=1S/C17H22N2O3/c1-4-15(20)19-14-8-6-13(7-9-14)16(21)18-12(2)17(22-3)10-5-11-17/h4,6-9,12H,1,5,10-11H2,2-3H3,(H,18,21)(H,19,20). The van der Waals surface area contributed by atoms with Crippen LogP contribution in [0.3, 0.4) is 0 Å². The first-order valence-electron chi connectivity index (χ1n) is 7.40. The minimum absolute atomic E-state index is 0.0427. The summed E-state index contributed by atoms with van der Waals surface area (Å²) in [5, 5.41) is 5.64. The second-order valence-corrected chi connectivity index (χ2v) is 5.59. The van der Waals surface area contributed by atoms with E-state index in [4.69, 9.17) is 4.74 Å². The van der Waals surface area contributed by atoms with E-state index in [2.05, 4.69) is 17.2 Å². The molecule has 22 heavy (non-hydrogen) atoms. The Morgan fingerprint density at radius 2 is 1.95 bits per heavy atom. The van der Waals surface area contributed by atoms with Gasteiger partial charge >= 0.3 is 0 Å². The maximum Gasteiger partial charge on any atom is 0.251 e. The highest BCUT2D eigenvalue weighted by Crippen LogP contribution is 2.38. The quantitative estimate of drug-likeness (QED) is 0.793. The third-order valence-electron chi connectivity index (χ3n) is 4.34. The number of hydrogen-bond acceptors (Lipinski definition) is 3. The van der Waals surface area contributed by atoms with E-state index in [0.717, 1.165) is 19.3 Å². The van der Waals surface area contributed by atoms with E-state index < -0.39 is 0 Å². The van der Waals surface area contributed by atoms with Gasteiger partial charge in [-0.2, -0.15) is 0 Å². The SMILES string of the molecule is C=CC(=O)Nc1ccc(C(=O)NC(C)C2(OC)CCC2)cc1. The van der Waals surface area contributed by atoms with Crippen LogP contribution in [-0.2, 0) is 9.53 Å². The van der Waals surface area contributed by atoms with E-state index in [1.807, 2.05) is 6.92 Å². The fourth-order valence-electron chi connectivity index (χ4n) is 2.65. The average Bonchev–Trinajstić information content (AvgIpc) is 2.47. The van der Waals surface area contributed by atoms with Crippen molar-refractivity contribution in [3.8, 4) is 0 Å². The van der Waals surface area contributed by atoms with Crippen molar-refractivity contribution in [1.82, 2.24) is 5.32 Å². The molecule has 1 aromatic rings. The lowest BCUT2D eigenvalue weighted by Gasteiger charge is -2.45. The molecular weight excluding hydrogens is 280 g/mol. The van der Waals surface area contributed by atoms with Crippen LogP contribution in [-0.4, -0.2) is 30.6 Å². The maximum absolute atomic E-state index is 12.3. The van der Waals surface area contributed by atoms with Crippen molar-refractivity contribution in [2.45, 2.75) is 37.8 Å². The van der Waals surface area contributed by atoms with Crippen LogP contribution >= 0.6 is 0 Å². The third kappa shape index (κ3) is 3.36. The zero-order chi connectivity index (χ0) is 16.2. The molecule has 0 aromatic heterocycles. The summed E-state index contributed by atoms with van der Waals surface area (Å²) in [6.07, 6.45) is 4.27. The molecule has 0 saturated heterocycles. The van der Waals surface area contributed by atoms with E-state index in [9.17, 15) is 9.59 Å². The smallest absolute Gasteiger partial charge is 0.251 e. The van der Waals surface area contributed by atoms with Gasteiger partial charge in [0, 0.05) is 18.4 Å². The maximum atomic E-state index is 12.3. The molecule has 1 atom stereocenters. The molecule has 1 aliphatic carbocycles. The van der Waals surface area contributed by atoms with Gasteiger partial charge in [-0.1, -0.05) is 6.58 Å². The zero-order valence-electron chi connectivity index (χ0n) is 13.0. The highest BCUT2D eigenvalue weighted by atomic mass is 16.5. The largest absolute Gasteiger partial charge is 0.376 e. The van der Waals surface area contributed by atoms with Gasteiger partial charge in [0.15, 0.2) is 0 Å². The normalized spacial score (nSPS) is 17.0. The van der Waals surface area contributed by atoms with Gasteiger partial charge in [-0.3, -0.25) is 9.59 Å². The molecule has 0 heterocycles. The number of methoxy groups -OCH3 is 1. The summed E-state index contributed by atoms with van der Waals surface area (Å²) >= 11 is 0. The number of nitrogens with one attached hydrogen (secondary N) is 2. The van der Waals surface area contributed by atoms with Gasteiger partial charge in [0.25, 0.3) is 5.91 Å². The molecule has 2 amide bonds. The molecule has 1 aromatic carbocycles. The molecule has 1 fully saturated rings. The Balaban J connectivity index is 1.97. The predicted octanol–water partition coefficient (Wildman–Crippen LogP) is 2.50. The minimum Gasteiger partial charge on any atom is -0.376 e. The average molecular weight is 302 g/mol. The topological polar surface area (TPSA) is 67.4 Å². The summed E-state index contributed by atoms with van der Waals surface area (Å²) in [6, 6.07) is 6.70. The molecule has 1 unspecified atom stereocenters. The summed E-state index contributed by atoms with van der Waals surface area (Å²) in [6.45, 7) is 5.36. The molecule has 1 saturated carbocycles. The van der Waals surface area contributed by atoms with Gasteiger partial charge in [-0.05, 0) is 56.5 Å². The van der Waals surface area contributed by atoms with Crippen LogP contribution in [0, 0.1) is 0 Å². The van der Waals surface area contributed by atoms with Gasteiger partial charge in [0.05, 0.1) is 11.6 Å². The van der Waals surface area contributed by atoms with Crippen molar-refractivity contribution in [3.63, 3.8) is 0 Å². The molecular formula is C17H22N2O3. The molecule has 5 heteroatoms. The highest BCUT2D eigenvalue weighted by Gasteiger charge is 2.42. The first-order chi connectivity index (χ1) is 10.5. The van der Waals surface area contributed by atoms with Crippen LogP contribution in [0.5, 0.6) is 0 Å². The molecule has 2 rings (SSSR count). The first-order valence-corrected chi connectivity index (χ1v) is 7.40. The molecule has 118 valence electrons. The molecule has 0 spiro atoms. The number of ether oxygens (including phenoxy) is 1. The Labute approximate surface area is 130 Å². The number of anilines is 1. The van der Waals surface area contributed by atoms with Crippen LogP contribution in [0.4, 0.5) is 5.69 Å². The Kier molecular flexibility index (Phi) is 4.98. The monoisotopic (exact) mass is 302 g/mol. The minimum atomic E-state index is -0.280. The van der Waals surface area contributed by atoms with Crippen LogP contribution in [0.25, 0.3) is 0 Å². The lowest BCUT2D eigenvalue weighted by Crippen LogP contribution is -2.56. The van der Waals surface area contributed by atoms with E-state index in [0.29, 0.717) is 11.3 Å². The van der Waals surface area contributed by atoms with E-state index in [-0.39, 0.29) is 23.5 Å². The van der Waals surface area contributed by atoms with Crippen molar-refractivity contribution >= 4 is 17.5 Å². The van der Waals surface area contributed by atoms with Crippen LogP contribution in [0.15, 0.2) is 36.9 Å². The highest BCUT2D eigenvalue weighted by molar-refractivity contribution is 5.99. The molecule has 0 radical (unpaired) electrons. The number of carbonyl (C=O) groups excluding carboxylic acids is 2. The molecule has 0 bridgehead atoms. The summed E-state index contributed by atoms with van der Waals surface area (Å²) in [4.78, 5) is 23.5. The molecule has 1 aliphatic rings. The van der Waals surface area contributed by atoms with E-state index in [1.54, 1.807) is 31.4 Å². The van der Waals surface area contributed by atoms with Crippen molar-refractivity contribution in [2.24, 2.45) is 0 Å². The molecule has 5 nitrogen and oxygen atoms in total. The van der Waals surface area contributed by atoms with Gasteiger partial charge < -0.3 is 15.4 Å². The lowest BCUT2D eigenvalue weighted by molar-refractivity contribution is -0.111. The predicted molar refractivity (Wildman–Crippen MR) is 85.8 cm³/mol. The summed E-state index contributed by atoms with van der Waals surface area (Å²) in [5.74, 6) is -0.421. The Morgan fingerprint density at radius 3 is 2.41 bits per heavy atom. The van der Waals surface area contributed by atoms with Crippen LogP contribution < -0.4 is 10.6 Å². The molecule has 0 aliphatic heterocycles. The number of benzene rings is 1. The van der Waals surface area contributed by atoms with Crippen molar-refractivity contribution < 1.29 is 14.3 Å². The van der Waals surface area contributed by atoms with Crippen molar-refractivity contribution in [1.29, 1.82) is 0 Å². The van der Waals surface area contributed by atoms with Gasteiger partial charge in [-0.15, -0.1) is 0 Å². The second kappa shape index (κ2) is 6.75. The zero-order valence-corrected chi connectivity index (χ0v) is 13.0. The first kappa shape index (κ1) is 16.2. The number of hydrogen-bond donors (Lipinski definition) is 2. The lowest BCUT2D eigenvalue weighted by atomic mass is 9.75. The van der Waals surface area contributed by atoms with Crippen molar-refractivity contribution in [3.05, 3.63) is 42.5 Å². The summed E-state index contributed by atoms with van der Waals surface area (Å²) < 4.78 is 5.58. The Morgan fingerprint density at radius 1 is 1.32 bits per heavy atom. The van der Waals surface area contributed by atoms with Gasteiger partial charge in [0.1, 0.15) is 0 Å². The molecule has 2 N–H and O–H groups in total. The van der Waals surface area contributed by atoms with Gasteiger partial charge in [-0.25, -0.2) is 0 Å². The third-order valence-corrected chi connectivity index (χ3v) is 4.34. The fourth-order valence-corrected chi connectivity index (χ4v) is 2.65. The Bertz CT molecular complexity index is 556. The van der Waals surface area contributed by atoms with Gasteiger partial charge in [0.2, 0.25) is 5.91 Å². The number of rotatable bonds is 6. The van der Waals surface area contributed by atoms with E-state index >= 15 is 0 Å². The Hall–Kier alpha value is -2.14. The summed E-state index contributed by atoms with van der Waals surface area (Å²) in [7, 11) is 1.69. The number of carbonyl (C=O) groups is 2. The van der Waals surface area contributed by atoms with Crippen LogP contribution in [0.2, 0.25) is 0 Å². The summed E-state index contributed by atoms with van der Waals surface area (Å²) in [5.41, 5.74) is 0.948. The fraction of sp³-hybridized carbons (Fsp3) is 0.412. The van der Waals surface area contributed by atoms with Crippen molar-refractivity contribution in [2.75, 3.05) is 12.4 Å². The number of amides is 2. The second-order valence-electron chi connectivity index (χ2n) is 5.59. The van der Waals surface area contributed by atoms with Crippen LogP contribution in [0.1, 0.15) is 36.5 Å². The van der Waals surface area contributed by atoms with E-state index in [1.165, 1.54) is 6.08 Å².